The van der Waals surface area contributed by atoms with Crippen LogP contribution in [0.15, 0.2) is 29.3 Å². The number of aryl methyl sites for hydroxylation is 2. The smallest absolute Gasteiger partial charge is 0.191 e. The Hall–Kier alpha value is -1.92. The molecule has 2 aromatic rings. The van der Waals surface area contributed by atoms with Crippen LogP contribution in [-0.4, -0.2) is 42.0 Å². The summed E-state index contributed by atoms with van der Waals surface area (Å²) in [5.74, 6) is 0.879. The van der Waals surface area contributed by atoms with Crippen molar-refractivity contribution in [1.29, 1.82) is 0 Å². The zero-order valence-electron chi connectivity index (χ0n) is 18.1. The molecule has 3 rings (SSSR count). The van der Waals surface area contributed by atoms with E-state index in [9.17, 15) is 0 Å². The van der Waals surface area contributed by atoms with Crippen LogP contribution in [0.1, 0.15) is 52.9 Å². The van der Waals surface area contributed by atoms with E-state index in [0.717, 1.165) is 42.7 Å². The summed E-state index contributed by atoms with van der Waals surface area (Å²) in [5, 5.41) is 7.94. The molecule has 0 radical (unpaired) electrons. The van der Waals surface area contributed by atoms with Gasteiger partial charge in [-0.2, -0.15) is 0 Å². The average molecular weight is 414 g/mol. The van der Waals surface area contributed by atoms with Crippen LogP contribution in [0.5, 0.6) is 0 Å². The summed E-state index contributed by atoms with van der Waals surface area (Å²) < 4.78 is 0. The lowest BCUT2D eigenvalue weighted by Crippen LogP contribution is -2.38. The second kappa shape index (κ2) is 11.3. The molecule has 2 heterocycles. The summed E-state index contributed by atoms with van der Waals surface area (Å²) in [5.41, 5.74) is 3.80. The number of aliphatic imine (C=N–C) groups is 1. The van der Waals surface area contributed by atoms with Crippen LogP contribution in [0.3, 0.4) is 0 Å². The fraction of sp³-hybridized carbons (Fsp3) is 0.565. The van der Waals surface area contributed by atoms with Gasteiger partial charge < -0.3 is 10.6 Å². The van der Waals surface area contributed by atoms with Gasteiger partial charge in [0.05, 0.1) is 17.2 Å². The molecule has 0 atom stereocenters. The van der Waals surface area contributed by atoms with Gasteiger partial charge in [0.25, 0.3) is 0 Å². The molecule has 158 valence electrons. The van der Waals surface area contributed by atoms with Crippen LogP contribution in [0, 0.1) is 13.8 Å². The molecule has 29 heavy (non-hydrogen) atoms. The van der Waals surface area contributed by atoms with Crippen molar-refractivity contribution in [2.45, 2.75) is 59.5 Å². The molecule has 5 nitrogen and oxygen atoms in total. The van der Waals surface area contributed by atoms with Crippen LogP contribution >= 0.6 is 11.3 Å². The number of aromatic nitrogens is 1. The molecule has 1 fully saturated rings. The Bertz CT molecular complexity index is 775. The number of nitrogens with one attached hydrogen (secondary N) is 2. The van der Waals surface area contributed by atoms with Gasteiger partial charge in [0.2, 0.25) is 0 Å². The minimum Gasteiger partial charge on any atom is -0.357 e. The van der Waals surface area contributed by atoms with Crippen molar-refractivity contribution in [3.05, 3.63) is 51.0 Å². The molecule has 0 aliphatic carbocycles. The van der Waals surface area contributed by atoms with Gasteiger partial charge in [0, 0.05) is 30.9 Å². The number of thiazole rings is 1. The van der Waals surface area contributed by atoms with Gasteiger partial charge in [-0.25, -0.2) is 9.98 Å². The van der Waals surface area contributed by atoms with Crippen LogP contribution in [0.25, 0.3) is 0 Å². The SMILES string of the molecule is CCNC(=NCc1ccc(CN2CCCCC2)cc1)NCCc1sc(C)nc1C. The van der Waals surface area contributed by atoms with E-state index in [1.54, 1.807) is 11.3 Å². The van der Waals surface area contributed by atoms with Crippen molar-refractivity contribution in [3.63, 3.8) is 0 Å². The summed E-state index contributed by atoms with van der Waals surface area (Å²) in [6, 6.07) is 8.95. The minimum absolute atomic E-state index is 0.692. The van der Waals surface area contributed by atoms with E-state index in [1.807, 2.05) is 0 Å². The maximum atomic E-state index is 4.76. The van der Waals surface area contributed by atoms with Gasteiger partial charge in [0.1, 0.15) is 0 Å². The molecular formula is C23H35N5S. The van der Waals surface area contributed by atoms with Crippen LogP contribution < -0.4 is 10.6 Å². The first-order valence-electron chi connectivity index (χ1n) is 10.9. The van der Waals surface area contributed by atoms with Crippen LogP contribution in [0.4, 0.5) is 0 Å². The summed E-state index contributed by atoms with van der Waals surface area (Å²) in [4.78, 5) is 13.2. The fourth-order valence-corrected chi connectivity index (χ4v) is 4.67. The molecule has 1 aliphatic rings. The Labute approximate surface area is 179 Å². The number of guanidine groups is 1. The number of nitrogens with zero attached hydrogens (tertiary/aromatic N) is 3. The second-order valence-corrected chi connectivity index (χ2v) is 9.05. The third kappa shape index (κ3) is 7.12. The van der Waals surface area contributed by atoms with Gasteiger partial charge in [-0.15, -0.1) is 11.3 Å². The van der Waals surface area contributed by atoms with Crippen molar-refractivity contribution in [2.24, 2.45) is 4.99 Å². The van der Waals surface area contributed by atoms with Gasteiger partial charge in [0.15, 0.2) is 5.96 Å². The van der Waals surface area contributed by atoms with E-state index in [0.29, 0.717) is 6.54 Å². The predicted molar refractivity (Wildman–Crippen MR) is 124 cm³/mol. The van der Waals surface area contributed by atoms with Crippen molar-refractivity contribution >= 4 is 17.3 Å². The molecule has 1 aliphatic heterocycles. The minimum atomic E-state index is 0.692. The third-order valence-electron chi connectivity index (χ3n) is 5.29. The highest BCUT2D eigenvalue weighted by Crippen LogP contribution is 2.17. The Morgan fingerprint density at radius 2 is 1.79 bits per heavy atom. The lowest BCUT2D eigenvalue weighted by atomic mass is 10.1. The third-order valence-corrected chi connectivity index (χ3v) is 6.42. The number of rotatable bonds is 8. The van der Waals surface area contributed by atoms with E-state index >= 15 is 0 Å². The molecule has 0 bridgehead atoms. The first kappa shape index (κ1) is 21.8. The van der Waals surface area contributed by atoms with E-state index in [1.165, 1.54) is 48.4 Å². The Morgan fingerprint density at radius 1 is 1.07 bits per heavy atom. The maximum Gasteiger partial charge on any atom is 0.191 e. The largest absolute Gasteiger partial charge is 0.357 e. The van der Waals surface area contributed by atoms with Gasteiger partial charge in [-0.3, -0.25) is 4.90 Å². The number of benzene rings is 1. The average Bonchev–Trinajstić information content (AvgIpc) is 3.05. The molecule has 1 aromatic carbocycles. The van der Waals surface area contributed by atoms with Crippen molar-refractivity contribution < 1.29 is 0 Å². The van der Waals surface area contributed by atoms with Gasteiger partial charge >= 0.3 is 0 Å². The highest BCUT2D eigenvalue weighted by molar-refractivity contribution is 7.11. The van der Waals surface area contributed by atoms with Crippen LogP contribution in [0.2, 0.25) is 0 Å². The Kier molecular flexibility index (Phi) is 8.50. The number of piperidine rings is 1. The zero-order valence-corrected chi connectivity index (χ0v) is 18.9. The second-order valence-electron chi connectivity index (χ2n) is 7.77. The highest BCUT2D eigenvalue weighted by Gasteiger charge is 2.10. The first-order valence-corrected chi connectivity index (χ1v) is 11.7. The molecule has 6 heteroatoms. The number of likely N-dealkylation sites (tertiary alicyclic amines) is 1. The quantitative estimate of drug-likeness (QED) is 0.506. The van der Waals surface area contributed by atoms with Crippen molar-refractivity contribution in [2.75, 3.05) is 26.2 Å². The molecule has 0 unspecified atom stereocenters. The molecule has 0 saturated carbocycles. The first-order chi connectivity index (χ1) is 14.1. The lowest BCUT2D eigenvalue weighted by Gasteiger charge is -2.26. The predicted octanol–water partition coefficient (Wildman–Crippen LogP) is 4.04. The van der Waals surface area contributed by atoms with E-state index < -0.39 is 0 Å². The molecular weight excluding hydrogens is 378 g/mol. The highest BCUT2D eigenvalue weighted by atomic mass is 32.1. The summed E-state index contributed by atoms with van der Waals surface area (Å²) in [7, 11) is 0. The summed E-state index contributed by atoms with van der Waals surface area (Å²) in [6.45, 7) is 12.2. The standard InChI is InChI=1S/C23H35N5S/c1-4-24-23(25-13-12-22-18(2)27-19(3)29-22)26-16-20-8-10-21(11-9-20)17-28-14-6-5-7-15-28/h8-11H,4-7,12-17H2,1-3H3,(H2,24,25,26). The van der Waals surface area contributed by atoms with E-state index in [-0.39, 0.29) is 0 Å². The summed E-state index contributed by atoms with van der Waals surface area (Å²) in [6.07, 6.45) is 5.05. The van der Waals surface area contributed by atoms with Crippen molar-refractivity contribution in [3.8, 4) is 0 Å². The zero-order chi connectivity index (χ0) is 20.5. The normalized spacial score (nSPS) is 15.5. The van der Waals surface area contributed by atoms with Crippen LogP contribution in [-0.2, 0) is 19.5 Å². The molecule has 2 N–H and O–H groups in total. The topological polar surface area (TPSA) is 52.6 Å². The maximum absolute atomic E-state index is 4.76. The van der Waals surface area contributed by atoms with Crippen molar-refractivity contribution in [1.82, 2.24) is 20.5 Å². The monoisotopic (exact) mass is 413 g/mol. The molecule has 1 saturated heterocycles. The van der Waals surface area contributed by atoms with Gasteiger partial charge in [-0.05, 0) is 57.8 Å². The Balaban J connectivity index is 1.48. The molecule has 1 aromatic heterocycles. The molecule has 0 spiro atoms. The summed E-state index contributed by atoms with van der Waals surface area (Å²) >= 11 is 1.79. The van der Waals surface area contributed by atoms with E-state index in [2.05, 4.69) is 65.6 Å². The Morgan fingerprint density at radius 3 is 2.45 bits per heavy atom. The van der Waals surface area contributed by atoms with Gasteiger partial charge in [-0.1, -0.05) is 30.7 Å². The fourth-order valence-electron chi connectivity index (χ4n) is 3.74. The number of hydrogen-bond donors (Lipinski definition) is 2. The number of hydrogen-bond acceptors (Lipinski definition) is 4. The lowest BCUT2D eigenvalue weighted by molar-refractivity contribution is 0.221. The molecule has 0 amide bonds. The van der Waals surface area contributed by atoms with E-state index in [4.69, 9.17) is 4.99 Å².